The number of aromatic nitrogens is 4. The zero-order valence-corrected chi connectivity index (χ0v) is 13.4. The molecular formula is C19H13FN4O2. The molecule has 3 heterocycles. The standard InChI is InChI=1S/C19H13FN4O2/c20-15-5-3-12(4-6-15)17-18(13-7-9-22-16(25)10-13)24(26)19(23-17)14-2-1-8-21-11-14/h1-11,26H,(H,22,25). The molecule has 4 aromatic rings. The zero-order chi connectivity index (χ0) is 18.1. The van der Waals surface area contributed by atoms with Gasteiger partial charge < -0.3 is 10.2 Å². The maximum atomic E-state index is 13.3. The van der Waals surface area contributed by atoms with Crippen molar-refractivity contribution in [2.75, 3.05) is 0 Å². The minimum absolute atomic E-state index is 0.271. The van der Waals surface area contributed by atoms with Gasteiger partial charge in [0.1, 0.15) is 17.2 Å². The topological polar surface area (TPSA) is 83.8 Å². The zero-order valence-electron chi connectivity index (χ0n) is 13.4. The summed E-state index contributed by atoms with van der Waals surface area (Å²) in [5.74, 6) is -0.102. The molecule has 0 amide bonds. The third-order valence-electron chi connectivity index (χ3n) is 3.94. The summed E-state index contributed by atoms with van der Waals surface area (Å²) in [5.41, 5.74) is 2.16. The number of benzene rings is 1. The quantitative estimate of drug-likeness (QED) is 0.556. The average Bonchev–Trinajstić information content (AvgIpc) is 3.00. The minimum atomic E-state index is -0.373. The van der Waals surface area contributed by atoms with Crippen LogP contribution in [0.3, 0.4) is 0 Å². The van der Waals surface area contributed by atoms with E-state index in [9.17, 15) is 14.4 Å². The fourth-order valence-electron chi connectivity index (χ4n) is 2.75. The highest BCUT2D eigenvalue weighted by molar-refractivity contribution is 5.81. The summed E-state index contributed by atoms with van der Waals surface area (Å²) in [7, 11) is 0. The van der Waals surface area contributed by atoms with E-state index in [4.69, 9.17) is 0 Å². The highest BCUT2D eigenvalue weighted by atomic mass is 19.1. The molecule has 1 aromatic carbocycles. The molecule has 0 unspecified atom stereocenters. The Kier molecular flexibility index (Phi) is 3.81. The number of halogens is 1. The van der Waals surface area contributed by atoms with Gasteiger partial charge in [0.15, 0.2) is 5.82 Å². The molecule has 26 heavy (non-hydrogen) atoms. The molecular weight excluding hydrogens is 335 g/mol. The van der Waals surface area contributed by atoms with Gasteiger partial charge in [-0.1, -0.05) is 0 Å². The Morgan fingerprint density at radius 2 is 1.85 bits per heavy atom. The lowest BCUT2D eigenvalue weighted by Gasteiger charge is -2.06. The molecule has 6 nitrogen and oxygen atoms in total. The lowest BCUT2D eigenvalue weighted by molar-refractivity contribution is 0.195. The lowest BCUT2D eigenvalue weighted by atomic mass is 10.1. The Bertz CT molecular complexity index is 1120. The van der Waals surface area contributed by atoms with Crippen molar-refractivity contribution in [2.24, 2.45) is 0 Å². The second-order valence-corrected chi connectivity index (χ2v) is 5.63. The van der Waals surface area contributed by atoms with Crippen LogP contribution < -0.4 is 5.56 Å². The van der Waals surface area contributed by atoms with Crippen LogP contribution in [0, 0.1) is 5.82 Å². The molecule has 3 aromatic heterocycles. The number of pyridine rings is 2. The molecule has 0 aliphatic rings. The van der Waals surface area contributed by atoms with Crippen molar-refractivity contribution in [2.45, 2.75) is 0 Å². The van der Waals surface area contributed by atoms with Crippen molar-refractivity contribution in [3.05, 3.63) is 83.3 Å². The van der Waals surface area contributed by atoms with Crippen molar-refractivity contribution in [1.82, 2.24) is 19.7 Å². The summed E-state index contributed by atoms with van der Waals surface area (Å²) in [6, 6.07) is 12.3. The molecule has 4 rings (SSSR count). The summed E-state index contributed by atoms with van der Waals surface area (Å²) < 4.78 is 14.2. The predicted molar refractivity (Wildman–Crippen MR) is 94.1 cm³/mol. The number of nitrogens with zero attached hydrogens (tertiary/aromatic N) is 3. The van der Waals surface area contributed by atoms with Crippen LogP contribution in [0.2, 0.25) is 0 Å². The Morgan fingerprint density at radius 1 is 1.04 bits per heavy atom. The van der Waals surface area contributed by atoms with E-state index in [2.05, 4.69) is 15.0 Å². The number of imidazole rings is 1. The molecule has 0 saturated heterocycles. The largest absolute Gasteiger partial charge is 0.426 e. The van der Waals surface area contributed by atoms with Gasteiger partial charge in [-0.05, 0) is 42.5 Å². The molecule has 0 aliphatic heterocycles. The number of H-pyrrole nitrogens is 1. The summed E-state index contributed by atoms with van der Waals surface area (Å²) in [6.07, 6.45) is 4.68. The fraction of sp³-hybridized carbons (Fsp3) is 0. The van der Waals surface area contributed by atoms with Gasteiger partial charge in [0, 0.05) is 41.3 Å². The van der Waals surface area contributed by atoms with E-state index in [1.54, 1.807) is 42.7 Å². The van der Waals surface area contributed by atoms with Crippen molar-refractivity contribution in [3.63, 3.8) is 0 Å². The second-order valence-electron chi connectivity index (χ2n) is 5.63. The van der Waals surface area contributed by atoms with Gasteiger partial charge in [-0.3, -0.25) is 9.78 Å². The first-order valence-corrected chi connectivity index (χ1v) is 7.81. The number of hydrogen-bond donors (Lipinski definition) is 2. The third kappa shape index (κ3) is 2.75. The molecule has 0 radical (unpaired) electrons. The van der Waals surface area contributed by atoms with Crippen molar-refractivity contribution < 1.29 is 9.60 Å². The van der Waals surface area contributed by atoms with E-state index in [0.29, 0.717) is 28.1 Å². The Morgan fingerprint density at radius 3 is 2.54 bits per heavy atom. The predicted octanol–water partition coefficient (Wildman–Crippen LogP) is 3.34. The Labute approximate surface area is 147 Å². The van der Waals surface area contributed by atoms with E-state index in [-0.39, 0.29) is 17.2 Å². The normalized spacial score (nSPS) is 10.8. The monoisotopic (exact) mass is 348 g/mol. The van der Waals surface area contributed by atoms with Gasteiger partial charge in [-0.2, -0.15) is 4.73 Å². The molecule has 0 bridgehead atoms. The maximum Gasteiger partial charge on any atom is 0.248 e. The Hall–Kier alpha value is -3.74. The van der Waals surface area contributed by atoms with Crippen LogP contribution in [0.5, 0.6) is 0 Å². The van der Waals surface area contributed by atoms with Crippen LogP contribution >= 0.6 is 0 Å². The minimum Gasteiger partial charge on any atom is -0.426 e. The first kappa shape index (κ1) is 15.8. The maximum absolute atomic E-state index is 13.3. The number of hydrogen-bond acceptors (Lipinski definition) is 4. The molecule has 2 N–H and O–H groups in total. The summed E-state index contributed by atoms with van der Waals surface area (Å²) >= 11 is 0. The first-order chi connectivity index (χ1) is 12.6. The van der Waals surface area contributed by atoms with Crippen LogP contribution in [-0.2, 0) is 0 Å². The van der Waals surface area contributed by atoms with Crippen molar-refractivity contribution in [1.29, 1.82) is 0 Å². The number of rotatable bonds is 3. The SMILES string of the molecule is O=c1cc(-c2c(-c3ccc(F)cc3)nc(-c3cccnc3)n2O)cc[nH]1. The van der Waals surface area contributed by atoms with Crippen LogP contribution in [0.4, 0.5) is 4.39 Å². The van der Waals surface area contributed by atoms with Crippen LogP contribution in [0.1, 0.15) is 0 Å². The smallest absolute Gasteiger partial charge is 0.248 e. The van der Waals surface area contributed by atoms with Crippen molar-refractivity contribution in [3.8, 4) is 33.9 Å². The summed E-state index contributed by atoms with van der Waals surface area (Å²) in [4.78, 5) is 22.8. The van der Waals surface area contributed by atoms with Gasteiger partial charge in [-0.15, -0.1) is 0 Å². The number of nitrogens with one attached hydrogen (secondary N) is 1. The fourth-order valence-corrected chi connectivity index (χ4v) is 2.75. The van der Waals surface area contributed by atoms with Gasteiger partial charge >= 0.3 is 0 Å². The highest BCUT2D eigenvalue weighted by Gasteiger charge is 2.21. The van der Waals surface area contributed by atoms with Gasteiger partial charge in [0.2, 0.25) is 5.56 Å². The van der Waals surface area contributed by atoms with E-state index in [1.165, 1.54) is 24.4 Å². The van der Waals surface area contributed by atoms with Gasteiger partial charge in [0.05, 0.1) is 0 Å². The molecule has 0 aliphatic carbocycles. The van der Waals surface area contributed by atoms with Crippen LogP contribution in [0.25, 0.3) is 33.9 Å². The van der Waals surface area contributed by atoms with E-state index >= 15 is 0 Å². The molecule has 0 fully saturated rings. The van der Waals surface area contributed by atoms with E-state index in [0.717, 1.165) is 4.73 Å². The average molecular weight is 348 g/mol. The van der Waals surface area contributed by atoms with E-state index < -0.39 is 0 Å². The molecule has 128 valence electrons. The Balaban J connectivity index is 2.00. The number of aromatic amines is 1. The highest BCUT2D eigenvalue weighted by Crippen LogP contribution is 2.34. The lowest BCUT2D eigenvalue weighted by Crippen LogP contribution is -2.04. The molecule has 0 saturated carbocycles. The van der Waals surface area contributed by atoms with Crippen LogP contribution in [0.15, 0.2) is 71.9 Å². The molecule has 7 heteroatoms. The van der Waals surface area contributed by atoms with Crippen LogP contribution in [-0.4, -0.2) is 24.9 Å². The van der Waals surface area contributed by atoms with Gasteiger partial charge in [0.25, 0.3) is 0 Å². The van der Waals surface area contributed by atoms with Gasteiger partial charge in [-0.25, -0.2) is 9.37 Å². The summed E-state index contributed by atoms with van der Waals surface area (Å²) in [6.45, 7) is 0. The molecule has 0 spiro atoms. The second kappa shape index (κ2) is 6.29. The van der Waals surface area contributed by atoms with E-state index in [1.807, 2.05) is 0 Å². The molecule has 0 atom stereocenters. The first-order valence-electron chi connectivity index (χ1n) is 7.81. The van der Waals surface area contributed by atoms with Crippen molar-refractivity contribution >= 4 is 0 Å². The third-order valence-corrected chi connectivity index (χ3v) is 3.94. The summed E-state index contributed by atoms with van der Waals surface area (Å²) in [5, 5.41) is 10.8.